The number of carbonyl (C=O) groups is 1. The summed E-state index contributed by atoms with van der Waals surface area (Å²) in [6, 6.07) is 8.61. The van der Waals surface area contributed by atoms with Gasteiger partial charge in [-0.25, -0.2) is 0 Å². The molecule has 0 saturated carbocycles. The monoisotopic (exact) mass is 316 g/mol. The van der Waals surface area contributed by atoms with Gasteiger partial charge < -0.3 is 24.4 Å². The van der Waals surface area contributed by atoms with Gasteiger partial charge in [-0.1, -0.05) is 12.1 Å². The molecule has 1 atom stereocenters. The van der Waals surface area contributed by atoms with E-state index < -0.39 is 17.6 Å². The number of benzene rings is 2. The molecular weight excluding hydrogens is 300 g/mol. The Hall–Kier alpha value is -2.89. The van der Waals surface area contributed by atoms with Crippen LogP contribution in [0.1, 0.15) is 28.4 Å². The number of methoxy groups -OCH3 is 2. The van der Waals surface area contributed by atoms with Crippen molar-refractivity contribution in [1.29, 1.82) is 0 Å². The van der Waals surface area contributed by atoms with E-state index in [-0.39, 0.29) is 29.3 Å². The molecular formula is C17H16O6. The third-order valence-electron chi connectivity index (χ3n) is 3.83. The second kappa shape index (κ2) is 5.72. The molecule has 23 heavy (non-hydrogen) atoms. The molecule has 2 N–H and O–H groups in total. The van der Waals surface area contributed by atoms with Crippen LogP contribution in [-0.4, -0.2) is 30.2 Å². The van der Waals surface area contributed by atoms with Gasteiger partial charge in [-0.3, -0.25) is 4.79 Å². The minimum absolute atomic E-state index is 0.0203. The highest BCUT2D eigenvalue weighted by Gasteiger charge is 2.33. The van der Waals surface area contributed by atoms with E-state index in [4.69, 9.17) is 14.2 Å². The molecule has 0 aromatic heterocycles. The SMILES string of the molecule is COc1ccc([C@H]2CC(=O)c3c(cc(OC)c(O)c3O)O2)cc1. The second-order valence-corrected chi connectivity index (χ2v) is 5.16. The number of ketones is 1. The molecule has 1 aliphatic heterocycles. The first-order valence-corrected chi connectivity index (χ1v) is 7.02. The molecule has 0 saturated heterocycles. The van der Waals surface area contributed by atoms with Crippen LogP contribution in [0.4, 0.5) is 0 Å². The topological polar surface area (TPSA) is 85.2 Å². The van der Waals surface area contributed by atoms with Crippen LogP contribution in [0.2, 0.25) is 0 Å². The number of rotatable bonds is 3. The summed E-state index contributed by atoms with van der Waals surface area (Å²) in [5.74, 6) is -0.342. The first kappa shape index (κ1) is 15.0. The highest BCUT2D eigenvalue weighted by molar-refractivity contribution is 6.03. The van der Waals surface area contributed by atoms with E-state index in [0.29, 0.717) is 5.75 Å². The van der Waals surface area contributed by atoms with Crippen LogP contribution >= 0.6 is 0 Å². The van der Waals surface area contributed by atoms with Gasteiger partial charge in [0.05, 0.1) is 20.6 Å². The molecule has 0 amide bonds. The normalized spacial score (nSPS) is 16.4. The van der Waals surface area contributed by atoms with Gasteiger partial charge in [0.25, 0.3) is 0 Å². The van der Waals surface area contributed by atoms with E-state index in [1.54, 1.807) is 19.2 Å². The van der Waals surface area contributed by atoms with Gasteiger partial charge in [-0.2, -0.15) is 0 Å². The van der Waals surface area contributed by atoms with Crippen LogP contribution in [-0.2, 0) is 0 Å². The molecule has 0 bridgehead atoms. The molecule has 3 rings (SSSR count). The maximum atomic E-state index is 12.3. The lowest BCUT2D eigenvalue weighted by atomic mass is 9.95. The molecule has 1 aliphatic rings. The van der Waals surface area contributed by atoms with Gasteiger partial charge in [0, 0.05) is 6.07 Å². The van der Waals surface area contributed by atoms with Crippen LogP contribution in [0.5, 0.6) is 28.7 Å². The second-order valence-electron chi connectivity index (χ2n) is 5.16. The number of ether oxygens (including phenoxy) is 3. The van der Waals surface area contributed by atoms with Crippen molar-refractivity contribution in [2.45, 2.75) is 12.5 Å². The fourth-order valence-electron chi connectivity index (χ4n) is 2.60. The van der Waals surface area contributed by atoms with Crippen LogP contribution in [0.3, 0.4) is 0 Å². The highest BCUT2D eigenvalue weighted by Crippen LogP contribution is 2.48. The minimum atomic E-state index is -0.516. The van der Waals surface area contributed by atoms with Crippen molar-refractivity contribution in [1.82, 2.24) is 0 Å². The fourth-order valence-corrected chi connectivity index (χ4v) is 2.60. The average Bonchev–Trinajstić information content (AvgIpc) is 2.57. The molecule has 0 unspecified atom stereocenters. The van der Waals surface area contributed by atoms with Gasteiger partial charge in [0.15, 0.2) is 17.3 Å². The minimum Gasteiger partial charge on any atom is -0.504 e. The summed E-state index contributed by atoms with van der Waals surface area (Å²) < 4.78 is 15.9. The van der Waals surface area contributed by atoms with Crippen LogP contribution in [0.15, 0.2) is 30.3 Å². The predicted molar refractivity (Wildman–Crippen MR) is 81.6 cm³/mol. The van der Waals surface area contributed by atoms with Crippen molar-refractivity contribution in [3.8, 4) is 28.7 Å². The number of hydrogen-bond acceptors (Lipinski definition) is 6. The average molecular weight is 316 g/mol. The van der Waals surface area contributed by atoms with Crippen LogP contribution < -0.4 is 14.2 Å². The van der Waals surface area contributed by atoms with Crippen molar-refractivity contribution >= 4 is 5.78 Å². The highest BCUT2D eigenvalue weighted by atomic mass is 16.5. The molecule has 2 aromatic carbocycles. The van der Waals surface area contributed by atoms with Gasteiger partial charge in [-0.05, 0) is 17.7 Å². The largest absolute Gasteiger partial charge is 0.504 e. The Kier molecular flexibility index (Phi) is 3.73. The van der Waals surface area contributed by atoms with E-state index >= 15 is 0 Å². The maximum Gasteiger partial charge on any atom is 0.201 e. The van der Waals surface area contributed by atoms with E-state index in [2.05, 4.69) is 0 Å². The summed E-state index contributed by atoms with van der Waals surface area (Å²) in [7, 11) is 2.93. The summed E-state index contributed by atoms with van der Waals surface area (Å²) in [6.07, 6.45) is -0.409. The smallest absolute Gasteiger partial charge is 0.201 e. The van der Waals surface area contributed by atoms with Crippen molar-refractivity contribution in [3.05, 3.63) is 41.5 Å². The van der Waals surface area contributed by atoms with Crippen molar-refractivity contribution < 1.29 is 29.2 Å². The summed E-state index contributed by atoms with van der Waals surface area (Å²) in [5.41, 5.74) is 0.796. The molecule has 6 heteroatoms. The van der Waals surface area contributed by atoms with E-state index in [0.717, 1.165) is 5.56 Å². The Morgan fingerprint density at radius 2 is 1.78 bits per heavy atom. The van der Waals surface area contributed by atoms with Crippen LogP contribution in [0, 0.1) is 0 Å². The quantitative estimate of drug-likeness (QED) is 0.847. The Morgan fingerprint density at radius 1 is 1.09 bits per heavy atom. The van der Waals surface area contributed by atoms with Gasteiger partial charge >= 0.3 is 0 Å². The number of hydrogen-bond donors (Lipinski definition) is 2. The van der Waals surface area contributed by atoms with Crippen LogP contribution in [0.25, 0.3) is 0 Å². The zero-order valence-corrected chi connectivity index (χ0v) is 12.7. The molecule has 120 valence electrons. The lowest BCUT2D eigenvalue weighted by molar-refractivity contribution is 0.0843. The van der Waals surface area contributed by atoms with Gasteiger partial charge in [0.2, 0.25) is 5.75 Å². The fraction of sp³-hybridized carbons (Fsp3) is 0.235. The number of fused-ring (bicyclic) bond motifs is 1. The van der Waals surface area contributed by atoms with Gasteiger partial charge in [-0.15, -0.1) is 0 Å². The van der Waals surface area contributed by atoms with E-state index in [1.807, 2.05) is 12.1 Å². The van der Waals surface area contributed by atoms with E-state index in [9.17, 15) is 15.0 Å². The number of carbonyl (C=O) groups excluding carboxylic acids is 1. The molecule has 1 heterocycles. The molecule has 0 aliphatic carbocycles. The van der Waals surface area contributed by atoms with Crippen molar-refractivity contribution in [2.75, 3.05) is 14.2 Å². The molecule has 0 radical (unpaired) electrons. The Labute approximate surface area is 132 Å². The molecule has 6 nitrogen and oxygen atoms in total. The predicted octanol–water partition coefficient (Wildman–Crippen LogP) is 2.82. The van der Waals surface area contributed by atoms with Crippen molar-refractivity contribution in [2.24, 2.45) is 0 Å². The Balaban J connectivity index is 1.99. The Bertz CT molecular complexity index is 751. The lowest BCUT2D eigenvalue weighted by Crippen LogP contribution is -2.20. The summed E-state index contributed by atoms with van der Waals surface area (Å²) >= 11 is 0. The summed E-state index contributed by atoms with van der Waals surface area (Å²) in [5, 5.41) is 19.8. The molecule has 2 aromatic rings. The number of phenols is 2. The zero-order chi connectivity index (χ0) is 16.6. The molecule has 0 fully saturated rings. The summed E-state index contributed by atoms with van der Waals surface area (Å²) in [6.45, 7) is 0. The van der Waals surface area contributed by atoms with E-state index in [1.165, 1.54) is 13.2 Å². The number of aromatic hydroxyl groups is 2. The Morgan fingerprint density at radius 3 is 2.39 bits per heavy atom. The standard InChI is InChI=1S/C17H16O6/c1-21-10-5-3-9(4-6-10)12-7-11(18)15-13(23-12)8-14(22-2)16(19)17(15)20/h3-6,8,12,19-20H,7H2,1-2H3/t12-/m1/s1. The van der Waals surface area contributed by atoms with Crippen molar-refractivity contribution in [3.63, 3.8) is 0 Å². The first-order chi connectivity index (χ1) is 11.0. The number of Topliss-reactive ketones (excluding diaryl/α,β-unsaturated/α-hetero) is 1. The summed E-state index contributed by atoms with van der Waals surface area (Å²) in [4.78, 5) is 12.3. The maximum absolute atomic E-state index is 12.3. The first-order valence-electron chi connectivity index (χ1n) is 7.02. The van der Waals surface area contributed by atoms with Gasteiger partial charge in [0.1, 0.15) is 23.2 Å². The zero-order valence-electron chi connectivity index (χ0n) is 12.7. The lowest BCUT2D eigenvalue weighted by Gasteiger charge is -2.26. The number of phenolic OH excluding ortho intramolecular Hbond substituents is 2. The third-order valence-corrected chi connectivity index (χ3v) is 3.83. The molecule has 0 spiro atoms. The third kappa shape index (κ3) is 2.52.